The third-order valence-corrected chi connectivity index (χ3v) is 4.84. The van der Waals surface area contributed by atoms with Crippen molar-refractivity contribution in [3.05, 3.63) is 59.0 Å². The Labute approximate surface area is 162 Å². The number of ether oxygens (including phenoxy) is 2. The molecule has 3 aromatic rings. The van der Waals surface area contributed by atoms with Gasteiger partial charge in [-0.15, -0.1) is 0 Å². The number of aromatic nitrogens is 2. The first-order chi connectivity index (χ1) is 13.2. The fourth-order valence-electron chi connectivity index (χ4n) is 3.28. The molecule has 1 unspecified atom stereocenters. The Morgan fingerprint density at radius 3 is 3.00 bits per heavy atom. The number of nitrogens with one attached hydrogen (secondary N) is 1. The van der Waals surface area contributed by atoms with E-state index in [4.69, 9.17) is 21.1 Å². The van der Waals surface area contributed by atoms with Crippen molar-refractivity contribution in [3.63, 3.8) is 0 Å². The maximum absolute atomic E-state index is 12.5. The largest absolute Gasteiger partial charge is 0.454 e. The quantitative estimate of drug-likeness (QED) is 0.701. The van der Waals surface area contributed by atoms with E-state index in [1.165, 1.54) is 0 Å². The summed E-state index contributed by atoms with van der Waals surface area (Å²) in [6, 6.07) is 9.45. The number of pyridine rings is 1. The van der Waals surface area contributed by atoms with Crippen molar-refractivity contribution in [3.8, 4) is 11.5 Å². The second-order valence-corrected chi connectivity index (χ2v) is 6.91. The van der Waals surface area contributed by atoms with Crippen LogP contribution in [0.4, 0.5) is 0 Å². The highest BCUT2D eigenvalue weighted by Crippen LogP contribution is 2.37. The van der Waals surface area contributed by atoms with E-state index >= 15 is 0 Å². The second-order valence-electron chi connectivity index (χ2n) is 6.48. The average molecular weight is 386 g/mol. The summed E-state index contributed by atoms with van der Waals surface area (Å²) in [5, 5.41) is 3.57. The van der Waals surface area contributed by atoms with Gasteiger partial charge in [-0.1, -0.05) is 24.6 Å². The number of rotatable bonds is 6. The molecule has 140 valence electrons. The average Bonchev–Trinajstić information content (AvgIpc) is 3.30. The van der Waals surface area contributed by atoms with Gasteiger partial charge in [-0.3, -0.25) is 4.79 Å². The summed E-state index contributed by atoms with van der Waals surface area (Å²) in [7, 11) is 0. The first kappa shape index (κ1) is 17.7. The van der Waals surface area contributed by atoms with Crippen LogP contribution in [0.1, 0.15) is 36.9 Å². The van der Waals surface area contributed by atoms with Crippen molar-refractivity contribution in [1.29, 1.82) is 0 Å². The summed E-state index contributed by atoms with van der Waals surface area (Å²) in [6.45, 7) is 2.90. The van der Waals surface area contributed by atoms with Crippen LogP contribution in [0.5, 0.6) is 11.5 Å². The highest BCUT2D eigenvalue weighted by atomic mass is 35.5. The van der Waals surface area contributed by atoms with Crippen LogP contribution in [0.25, 0.3) is 5.65 Å². The Bertz CT molecular complexity index is 986. The van der Waals surface area contributed by atoms with Gasteiger partial charge in [0.2, 0.25) is 12.7 Å². The van der Waals surface area contributed by atoms with E-state index in [2.05, 4.69) is 10.3 Å². The van der Waals surface area contributed by atoms with Crippen LogP contribution in [0, 0.1) is 0 Å². The van der Waals surface area contributed by atoms with Crippen LogP contribution in [-0.4, -0.2) is 28.6 Å². The molecule has 1 amide bonds. The number of nitrogens with zero attached hydrogens (tertiary/aromatic N) is 2. The predicted molar refractivity (Wildman–Crippen MR) is 103 cm³/mol. The summed E-state index contributed by atoms with van der Waals surface area (Å²) in [5.74, 6) is 1.22. The minimum Gasteiger partial charge on any atom is -0.454 e. The standard InChI is InChI=1S/C20H20ClN3O3/c1-2-7-22-20(25)9-15(13-3-5-17-18(8-13)27-12-26-17)16-10-23-19-6-4-14(21)11-24(16)19/h3-6,8,10-11,15H,2,7,9,12H2,1H3,(H,22,25). The minimum absolute atomic E-state index is 0.00325. The molecule has 0 radical (unpaired) electrons. The zero-order valence-corrected chi connectivity index (χ0v) is 15.7. The molecule has 0 spiro atoms. The number of carbonyl (C=O) groups excluding carboxylic acids is 1. The third-order valence-electron chi connectivity index (χ3n) is 4.62. The van der Waals surface area contributed by atoms with Crippen LogP contribution in [0.3, 0.4) is 0 Å². The van der Waals surface area contributed by atoms with Gasteiger partial charge in [-0.2, -0.15) is 0 Å². The molecule has 7 heteroatoms. The maximum atomic E-state index is 12.5. The number of carbonyl (C=O) groups is 1. The Kier molecular flexibility index (Phi) is 4.90. The number of fused-ring (bicyclic) bond motifs is 2. The minimum atomic E-state index is -0.190. The van der Waals surface area contributed by atoms with E-state index < -0.39 is 0 Å². The molecule has 1 N–H and O–H groups in total. The second kappa shape index (κ2) is 7.48. The van der Waals surface area contributed by atoms with E-state index in [0.717, 1.165) is 23.3 Å². The molecule has 0 saturated heterocycles. The molecule has 3 heterocycles. The Morgan fingerprint density at radius 1 is 1.30 bits per heavy atom. The molecular formula is C20H20ClN3O3. The van der Waals surface area contributed by atoms with Gasteiger partial charge >= 0.3 is 0 Å². The number of halogens is 1. The summed E-state index contributed by atoms with van der Waals surface area (Å²) >= 11 is 6.18. The van der Waals surface area contributed by atoms with Crippen LogP contribution in [0.15, 0.2) is 42.7 Å². The van der Waals surface area contributed by atoms with E-state index in [0.29, 0.717) is 29.5 Å². The highest BCUT2D eigenvalue weighted by Gasteiger charge is 2.24. The Hall–Kier alpha value is -2.73. The van der Waals surface area contributed by atoms with Crippen molar-refractivity contribution in [2.45, 2.75) is 25.7 Å². The fraction of sp³-hybridized carbons (Fsp3) is 0.300. The van der Waals surface area contributed by atoms with E-state index in [1.807, 2.05) is 41.8 Å². The molecule has 4 rings (SSSR count). The van der Waals surface area contributed by atoms with Gasteiger partial charge < -0.3 is 19.2 Å². The van der Waals surface area contributed by atoms with Gasteiger partial charge in [-0.25, -0.2) is 4.98 Å². The van der Waals surface area contributed by atoms with Gasteiger partial charge in [0.25, 0.3) is 0 Å². The summed E-state index contributed by atoms with van der Waals surface area (Å²) in [6.07, 6.45) is 4.82. The normalized spacial score (nSPS) is 13.7. The summed E-state index contributed by atoms with van der Waals surface area (Å²) in [5.41, 5.74) is 2.65. The van der Waals surface area contributed by atoms with Crippen molar-refractivity contribution in [2.75, 3.05) is 13.3 Å². The molecule has 0 bridgehead atoms. The van der Waals surface area contributed by atoms with Gasteiger partial charge in [0.1, 0.15) is 5.65 Å². The fourth-order valence-corrected chi connectivity index (χ4v) is 3.44. The van der Waals surface area contributed by atoms with Crippen LogP contribution < -0.4 is 14.8 Å². The number of imidazole rings is 1. The Balaban J connectivity index is 1.75. The lowest BCUT2D eigenvalue weighted by atomic mass is 9.92. The van der Waals surface area contributed by atoms with E-state index in [9.17, 15) is 4.79 Å². The van der Waals surface area contributed by atoms with Crippen LogP contribution in [0.2, 0.25) is 5.02 Å². The van der Waals surface area contributed by atoms with Gasteiger partial charge in [0.15, 0.2) is 11.5 Å². The number of amides is 1. The number of hydrogen-bond acceptors (Lipinski definition) is 4. The maximum Gasteiger partial charge on any atom is 0.231 e. The molecular weight excluding hydrogens is 366 g/mol. The molecule has 0 aliphatic carbocycles. The van der Waals surface area contributed by atoms with Gasteiger partial charge in [0.05, 0.1) is 10.7 Å². The SMILES string of the molecule is CCCNC(=O)CC(c1ccc2c(c1)OCO2)c1cnc2ccc(Cl)cn12. The first-order valence-electron chi connectivity index (χ1n) is 8.94. The van der Waals surface area contributed by atoms with Crippen molar-refractivity contribution in [1.82, 2.24) is 14.7 Å². The van der Waals surface area contributed by atoms with Crippen molar-refractivity contribution in [2.24, 2.45) is 0 Å². The molecule has 1 aromatic carbocycles. The number of benzene rings is 1. The monoisotopic (exact) mass is 385 g/mol. The third kappa shape index (κ3) is 3.57. The first-order valence-corrected chi connectivity index (χ1v) is 9.32. The lowest BCUT2D eigenvalue weighted by molar-refractivity contribution is -0.121. The molecule has 27 heavy (non-hydrogen) atoms. The predicted octanol–water partition coefficient (Wildman–Crippen LogP) is 3.76. The molecule has 1 aliphatic heterocycles. The lowest BCUT2D eigenvalue weighted by Crippen LogP contribution is -2.26. The van der Waals surface area contributed by atoms with Gasteiger partial charge in [0, 0.05) is 31.3 Å². The van der Waals surface area contributed by atoms with E-state index in [1.54, 1.807) is 12.3 Å². The molecule has 0 fully saturated rings. The molecule has 6 nitrogen and oxygen atoms in total. The van der Waals surface area contributed by atoms with Crippen molar-refractivity contribution < 1.29 is 14.3 Å². The Morgan fingerprint density at radius 2 is 2.15 bits per heavy atom. The molecule has 1 atom stereocenters. The molecule has 0 saturated carbocycles. The number of hydrogen-bond donors (Lipinski definition) is 1. The highest BCUT2D eigenvalue weighted by molar-refractivity contribution is 6.30. The smallest absolute Gasteiger partial charge is 0.231 e. The summed E-state index contributed by atoms with van der Waals surface area (Å²) in [4.78, 5) is 17.0. The van der Waals surface area contributed by atoms with Crippen LogP contribution >= 0.6 is 11.6 Å². The van der Waals surface area contributed by atoms with Crippen molar-refractivity contribution >= 4 is 23.2 Å². The molecule has 1 aliphatic rings. The summed E-state index contributed by atoms with van der Waals surface area (Å²) < 4.78 is 12.9. The topological polar surface area (TPSA) is 64.9 Å². The van der Waals surface area contributed by atoms with E-state index in [-0.39, 0.29) is 18.6 Å². The lowest BCUT2D eigenvalue weighted by Gasteiger charge is -2.18. The van der Waals surface area contributed by atoms with Crippen LogP contribution in [-0.2, 0) is 4.79 Å². The van der Waals surface area contributed by atoms with Gasteiger partial charge in [-0.05, 0) is 36.2 Å². The molecule has 2 aromatic heterocycles. The zero-order valence-electron chi connectivity index (χ0n) is 14.9. The zero-order chi connectivity index (χ0) is 18.8.